The Balaban J connectivity index is 1.83. The van der Waals surface area contributed by atoms with Gasteiger partial charge in [-0.3, -0.25) is 0 Å². The van der Waals surface area contributed by atoms with Crippen molar-refractivity contribution in [1.29, 1.82) is 0 Å². The summed E-state index contributed by atoms with van der Waals surface area (Å²) in [6.45, 7) is 2.04. The number of hydrogen-bond acceptors (Lipinski definition) is 3. The minimum atomic E-state index is -0.520. The molecule has 1 heterocycles. The second kappa shape index (κ2) is 8.76. The zero-order valence-corrected chi connectivity index (χ0v) is 13.2. The highest BCUT2D eigenvalue weighted by Gasteiger charge is 2.30. The zero-order chi connectivity index (χ0) is 15.8. The molecule has 0 aromatic heterocycles. The molecule has 2 amide bonds. The molecule has 1 aliphatic heterocycles. The highest BCUT2D eigenvalue weighted by molar-refractivity contribution is 5.74. The first kappa shape index (κ1) is 16.8. The number of hydrogen-bond donors (Lipinski definition) is 2. The summed E-state index contributed by atoms with van der Waals surface area (Å²) in [6, 6.07) is 9.72. The Kier molecular flexibility index (Phi) is 6.68. The maximum absolute atomic E-state index is 12.2. The van der Waals surface area contributed by atoms with E-state index in [2.05, 4.69) is 5.32 Å². The molecular weight excluding hydrogens is 280 g/mol. The van der Waals surface area contributed by atoms with Crippen LogP contribution < -0.4 is 5.32 Å². The predicted octanol–water partition coefficient (Wildman–Crippen LogP) is 2.32. The maximum Gasteiger partial charge on any atom is 0.317 e. The Morgan fingerprint density at radius 2 is 2.23 bits per heavy atom. The average Bonchev–Trinajstić information content (AvgIpc) is 3.00. The summed E-state index contributed by atoms with van der Waals surface area (Å²) in [5.74, 6) is 0. The Labute approximate surface area is 132 Å². The first-order valence-corrected chi connectivity index (χ1v) is 7.98. The van der Waals surface area contributed by atoms with Gasteiger partial charge in [-0.25, -0.2) is 4.79 Å². The Bertz CT molecular complexity index is 452. The second-order valence-corrected chi connectivity index (χ2v) is 5.73. The number of carbonyl (C=O) groups is 1. The van der Waals surface area contributed by atoms with E-state index in [-0.39, 0.29) is 12.1 Å². The van der Waals surface area contributed by atoms with E-state index in [9.17, 15) is 9.90 Å². The van der Waals surface area contributed by atoms with Crippen LogP contribution in [-0.4, -0.2) is 48.9 Å². The predicted molar refractivity (Wildman–Crippen MR) is 85.6 cm³/mol. The molecule has 1 aromatic carbocycles. The van der Waals surface area contributed by atoms with Gasteiger partial charge in [-0.2, -0.15) is 0 Å². The van der Waals surface area contributed by atoms with Crippen molar-refractivity contribution in [3.05, 3.63) is 35.9 Å². The zero-order valence-electron chi connectivity index (χ0n) is 13.2. The van der Waals surface area contributed by atoms with Crippen LogP contribution in [0.3, 0.4) is 0 Å². The maximum atomic E-state index is 12.2. The van der Waals surface area contributed by atoms with Crippen molar-refractivity contribution >= 4 is 6.03 Å². The lowest BCUT2D eigenvalue weighted by Crippen LogP contribution is -2.43. The molecule has 122 valence electrons. The molecule has 1 aromatic rings. The Morgan fingerprint density at radius 1 is 1.45 bits per heavy atom. The van der Waals surface area contributed by atoms with E-state index in [1.807, 2.05) is 35.2 Å². The lowest BCUT2D eigenvalue weighted by Gasteiger charge is -2.27. The molecule has 2 unspecified atom stereocenters. The van der Waals surface area contributed by atoms with E-state index in [0.29, 0.717) is 19.6 Å². The van der Waals surface area contributed by atoms with Crippen molar-refractivity contribution < 1.29 is 14.6 Å². The van der Waals surface area contributed by atoms with Crippen molar-refractivity contribution in [3.8, 4) is 0 Å². The molecule has 5 nitrogen and oxygen atoms in total. The molecule has 2 N–H and O–H groups in total. The normalized spacial score (nSPS) is 19.2. The van der Waals surface area contributed by atoms with Gasteiger partial charge in [-0.05, 0) is 31.2 Å². The summed E-state index contributed by atoms with van der Waals surface area (Å²) in [5, 5.41) is 13.3. The minimum absolute atomic E-state index is 0.0288. The Hall–Kier alpha value is -1.59. The number of benzene rings is 1. The summed E-state index contributed by atoms with van der Waals surface area (Å²) in [5.41, 5.74) is 0.912. The molecule has 1 fully saturated rings. The van der Waals surface area contributed by atoms with E-state index in [1.54, 1.807) is 7.11 Å². The number of rotatable bonds is 7. The monoisotopic (exact) mass is 306 g/mol. The van der Waals surface area contributed by atoms with Crippen LogP contribution in [-0.2, 0) is 4.74 Å². The van der Waals surface area contributed by atoms with Crippen LogP contribution in [0.15, 0.2) is 30.3 Å². The van der Waals surface area contributed by atoms with Crippen LogP contribution in [0.4, 0.5) is 4.79 Å². The SMILES string of the molecule is COCCCNC(=O)N1CCCC1CC(O)c1ccccc1. The minimum Gasteiger partial charge on any atom is -0.388 e. The number of urea groups is 1. The quantitative estimate of drug-likeness (QED) is 0.760. The number of amides is 2. The summed E-state index contributed by atoms with van der Waals surface area (Å²) in [7, 11) is 1.66. The number of nitrogens with one attached hydrogen (secondary N) is 1. The fourth-order valence-corrected chi connectivity index (χ4v) is 2.93. The van der Waals surface area contributed by atoms with Crippen molar-refractivity contribution in [2.24, 2.45) is 0 Å². The van der Waals surface area contributed by atoms with Crippen LogP contribution in [0.25, 0.3) is 0 Å². The number of carbonyl (C=O) groups excluding carboxylic acids is 1. The first-order chi connectivity index (χ1) is 10.7. The largest absolute Gasteiger partial charge is 0.388 e. The molecule has 1 saturated heterocycles. The number of aliphatic hydroxyl groups excluding tert-OH is 1. The topological polar surface area (TPSA) is 61.8 Å². The van der Waals surface area contributed by atoms with Gasteiger partial charge < -0.3 is 20.1 Å². The molecule has 2 rings (SSSR count). The van der Waals surface area contributed by atoms with Crippen LogP contribution >= 0.6 is 0 Å². The van der Waals surface area contributed by atoms with E-state index < -0.39 is 6.10 Å². The Morgan fingerprint density at radius 3 is 2.95 bits per heavy atom. The van der Waals surface area contributed by atoms with Gasteiger partial charge in [0.25, 0.3) is 0 Å². The van der Waals surface area contributed by atoms with Crippen LogP contribution in [0.2, 0.25) is 0 Å². The number of methoxy groups -OCH3 is 1. The van der Waals surface area contributed by atoms with Crippen LogP contribution in [0.1, 0.15) is 37.4 Å². The van der Waals surface area contributed by atoms with Gasteiger partial charge in [0, 0.05) is 32.8 Å². The van der Waals surface area contributed by atoms with Gasteiger partial charge in [-0.1, -0.05) is 30.3 Å². The summed E-state index contributed by atoms with van der Waals surface area (Å²) in [4.78, 5) is 14.1. The highest BCUT2D eigenvalue weighted by atomic mass is 16.5. The molecule has 0 spiro atoms. The van der Waals surface area contributed by atoms with Gasteiger partial charge in [0.05, 0.1) is 6.10 Å². The number of aliphatic hydroxyl groups is 1. The molecule has 0 radical (unpaired) electrons. The van der Waals surface area contributed by atoms with Gasteiger partial charge in [0.15, 0.2) is 0 Å². The third-order valence-corrected chi connectivity index (χ3v) is 4.12. The third-order valence-electron chi connectivity index (χ3n) is 4.12. The van der Waals surface area contributed by atoms with Gasteiger partial charge >= 0.3 is 6.03 Å². The molecule has 0 saturated carbocycles. The van der Waals surface area contributed by atoms with Crippen molar-refractivity contribution in [1.82, 2.24) is 10.2 Å². The smallest absolute Gasteiger partial charge is 0.317 e. The number of ether oxygens (including phenoxy) is 1. The summed E-state index contributed by atoms with van der Waals surface area (Å²) < 4.78 is 4.97. The fourth-order valence-electron chi connectivity index (χ4n) is 2.93. The van der Waals surface area contributed by atoms with Crippen LogP contribution in [0, 0.1) is 0 Å². The average molecular weight is 306 g/mol. The van der Waals surface area contributed by atoms with Gasteiger partial charge in [0.1, 0.15) is 0 Å². The van der Waals surface area contributed by atoms with E-state index in [1.165, 1.54) is 0 Å². The van der Waals surface area contributed by atoms with Gasteiger partial charge in [0.2, 0.25) is 0 Å². The number of nitrogens with zero attached hydrogens (tertiary/aromatic N) is 1. The molecule has 1 aliphatic rings. The van der Waals surface area contributed by atoms with Crippen LogP contribution in [0.5, 0.6) is 0 Å². The molecule has 2 atom stereocenters. The third kappa shape index (κ3) is 4.71. The van der Waals surface area contributed by atoms with Crippen molar-refractivity contribution in [2.75, 3.05) is 26.8 Å². The first-order valence-electron chi connectivity index (χ1n) is 7.98. The highest BCUT2D eigenvalue weighted by Crippen LogP contribution is 2.27. The number of likely N-dealkylation sites (tertiary alicyclic amines) is 1. The van der Waals surface area contributed by atoms with Crippen molar-refractivity contribution in [3.63, 3.8) is 0 Å². The van der Waals surface area contributed by atoms with E-state index in [0.717, 1.165) is 31.4 Å². The standard InChI is InChI=1S/C17H26N2O3/c1-22-12-6-10-18-17(21)19-11-5-9-15(19)13-16(20)14-7-3-2-4-8-14/h2-4,7-8,15-16,20H,5-6,9-13H2,1H3,(H,18,21). The lowest BCUT2D eigenvalue weighted by molar-refractivity contribution is 0.126. The molecular formula is C17H26N2O3. The van der Waals surface area contributed by atoms with Gasteiger partial charge in [-0.15, -0.1) is 0 Å². The summed E-state index contributed by atoms with van der Waals surface area (Å²) >= 11 is 0. The summed E-state index contributed by atoms with van der Waals surface area (Å²) in [6.07, 6.45) is 2.84. The second-order valence-electron chi connectivity index (χ2n) is 5.73. The van der Waals surface area contributed by atoms with Crippen molar-refractivity contribution in [2.45, 2.75) is 37.8 Å². The molecule has 0 aliphatic carbocycles. The fraction of sp³-hybridized carbons (Fsp3) is 0.588. The van der Waals surface area contributed by atoms with E-state index in [4.69, 9.17) is 4.74 Å². The van der Waals surface area contributed by atoms with E-state index >= 15 is 0 Å². The lowest BCUT2D eigenvalue weighted by atomic mass is 10.0. The molecule has 0 bridgehead atoms. The molecule has 5 heteroatoms. The molecule has 22 heavy (non-hydrogen) atoms.